The molecular weight excluding hydrogens is 248 g/mol. The van der Waals surface area contributed by atoms with Gasteiger partial charge in [-0.3, -0.25) is 9.80 Å². The fraction of sp³-hybridized carbons (Fsp3) is 1.00. The molecule has 0 saturated carbocycles. The third kappa shape index (κ3) is 2.41. The minimum absolute atomic E-state index is 0.289. The molecule has 4 heteroatoms. The predicted molar refractivity (Wildman–Crippen MR) is 83.9 cm³/mol. The molecule has 20 heavy (non-hydrogen) atoms. The monoisotopic (exact) mass is 280 g/mol. The maximum atomic E-state index is 6.32. The van der Waals surface area contributed by atoms with Gasteiger partial charge >= 0.3 is 0 Å². The fourth-order valence-electron chi connectivity index (χ4n) is 4.93. The summed E-state index contributed by atoms with van der Waals surface area (Å²) in [6, 6.07) is 1.50. The molecule has 3 rings (SSSR count). The molecule has 4 nitrogen and oxygen atoms in total. The van der Waals surface area contributed by atoms with E-state index in [1.807, 2.05) is 0 Å². The van der Waals surface area contributed by atoms with Crippen molar-refractivity contribution in [2.75, 3.05) is 46.8 Å². The van der Waals surface area contributed by atoms with Gasteiger partial charge in [0, 0.05) is 43.8 Å². The SMILES string of the molecule is CN(C)C1CCN(C2(CN)CCN3CCCCC32)CC1. The van der Waals surface area contributed by atoms with Crippen molar-refractivity contribution < 1.29 is 0 Å². The van der Waals surface area contributed by atoms with E-state index in [1.54, 1.807) is 0 Å². The summed E-state index contributed by atoms with van der Waals surface area (Å²) in [5, 5.41) is 0. The van der Waals surface area contributed by atoms with Gasteiger partial charge in [-0.15, -0.1) is 0 Å². The molecule has 2 unspecified atom stereocenters. The summed E-state index contributed by atoms with van der Waals surface area (Å²) in [5.41, 5.74) is 6.61. The molecule has 0 radical (unpaired) electrons. The molecule has 3 saturated heterocycles. The van der Waals surface area contributed by atoms with Crippen molar-refractivity contribution in [1.29, 1.82) is 0 Å². The number of hydrogen-bond donors (Lipinski definition) is 1. The van der Waals surface area contributed by atoms with Crippen molar-refractivity contribution in [3.63, 3.8) is 0 Å². The summed E-state index contributed by atoms with van der Waals surface area (Å²) in [6.07, 6.45) is 8.06. The Bertz CT molecular complexity index is 324. The van der Waals surface area contributed by atoms with Crippen LogP contribution in [0.4, 0.5) is 0 Å². The molecule has 0 aromatic rings. The lowest BCUT2D eigenvalue weighted by Gasteiger charge is -2.50. The highest BCUT2D eigenvalue weighted by atomic mass is 15.3. The van der Waals surface area contributed by atoms with E-state index in [1.165, 1.54) is 64.7 Å². The molecule has 0 bridgehead atoms. The molecule has 116 valence electrons. The number of rotatable bonds is 3. The van der Waals surface area contributed by atoms with Gasteiger partial charge in [0.15, 0.2) is 0 Å². The van der Waals surface area contributed by atoms with E-state index in [0.29, 0.717) is 0 Å². The Balaban J connectivity index is 1.70. The fourth-order valence-corrected chi connectivity index (χ4v) is 4.93. The molecule has 0 aromatic heterocycles. The van der Waals surface area contributed by atoms with Crippen molar-refractivity contribution in [3.8, 4) is 0 Å². The molecule has 3 fully saturated rings. The van der Waals surface area contributed by atoms with Crippen LogP contribution in [0.15, 0.2) is 0 Å². The maximum Gasteiger partial charge on any atom is 0.0498 e. The first kappa shape index (κ1) is 14.8. The van der Waals surface area contributed by atoms with Crippen LogP contribution in [0.25, 0.3) is 0 Å². The Morgan fingerprint density at radius 3 is 2.45 bits per heavy atom. The Hall–Kier alpha value is -0.160. The number of nitrogens with zero attached hydrogens (tertiary/aromatic N) is 3. The number of fused-ring (bicyclic) bond motifs is 1. The average molecular weight is 280 g/mol. The molecule has 0 amide bonds. The highest BCUT2D eigenvalue weighted by Crippen LogP contribution is 2.40. The number of nitrogens with two attached hydrogens (primary N) is 1. The Kier molecular flexibility index (Phi) is 4.37. The van der Waals surface area contributed by atoms with Gasteiger partial charge in [-0.05, 0) is 52.7 Å². The van der Waals surface area contributed by atoms with Gasteiger partial charge in [0.25, 0.3) is 0 Å². The second-order valence-corrected chi connectivity index (χ2v) is 7.29. The predicted octanol–water partition coefficient (Wildman–Crippen LogP) is 0.968. The van der Waals surface area contributed by atoms with Crippen molar-refractivity contribution in [2.24, 2.45) is 5.73 Å². The van der Waals surface area contributed by atoms with Crippen molar-refractivity contribution in [2.45, 2.75) is 56.1 Å². The molecule has 0 aliphatic carbocycles. The largest absolute Gasteiger partial charge is 0.329 e. The second kappa shape index (κ2) is 5.91. The Morgan fingerprint density at radius 2 is 1.80 bits per heavy atom. The smallest absolute Gasteiger partial charge is 0.0498 e. The molecule has 2 atom stereocenters. The lowest BCUT2D eigenvalue weighted by Crippen LogP contribution is -2.64. The highest BCUT2D eigenvalue weighted by Gasteiger charge is 2.50. The third-order valence-corrected chi connectivity index (χ3v) is 6.24. The van der Waals surface area contributed by atoms with E-state index in [9.17, 15) is 0 Å². The molecular formula is C16H32N4. The quantitative estimate of drug-likeness (QED) is 0.835. The molecule has 3 aliphatic rings. The summed E-state index contributed by atoms with van der Waals surface area (Å²) in [6.45, 7) is 5.91. The zero-order valence-corrected chi connectivity index (χ0v) is 13.4. The van der Waals surface area contributed by atoms with Crippen molar-refractivity contribution in [1.82, 2.24) is 14.7 Å². The Labute approximate surface area is 124 Å². The minimum atomic E-state index is 0.289. The molecule has 2 N–H and O–H groups in total. The van der Waals surface area contributed by atoms with Crippen LogP contribution in [0.3, 0.4) is 0 Å². The van der Waals surface area contributed by atoms with Crippen LogP contribution in [0.2, 0.25) is 0 Å². The third-order valence-electron chi connectivity index (χ3n) is 6.24. The summed E-state index contributed by atoms with van der Waals surface area (Å²) in [7, 11) is 4.44. The van der Waals surface area contributed by atoms with Crippen LogP contribution in [0.5, 0.6) is 0 Å². The van der Waals surface area contributed by atoms with Crippen LogP contribution in [0, 0.1) is 0 Å². The first-order valence-electron chi connectivity index (χ1n) is 8.53. The molecule has 0 aromatic carbocycles. The van der Waals surface area contributed by atoms with Gasteiger partial charge in [-0.25, -0.2) is 0 Å². The molecule has 3 heterocycles. The van der Waals surface area contributed by atoms with Crippen LogP contribution >= 0.6 is 0 Å². The van der Waals surface area contributed by atoms with Crippen LogP contribution < -0.4 is 5.73 Å². The van der Waals surface area contributed by atoms with Gasteiger partial charge in [0.1, 0.15) is 0 Å². The van der Waals surface area contributed by atoms with E-state index in [0.717, 1.165) is 18.6 Å². The number of likely N-dealkylation sites (tertiary alicyclic amines) is 1. The zero-order chi connectivity index (χ0) is 14.2. The van der Waals surface area contributed by atoms with Crippen LogP contribution in [0.1, 0.15) is 38.5 Å². The summed E-state index contributed by atoms with van der Waals surface area (Å²) >= 11 is 0. The van der Waals surface area contributed by atoms with E-state index in [-0.39, 0.29) is 5.54 Å². The number of hydrogen-bond acceptors (Lipinski definition) is 4. The summed E-state index contributed by atoms with van der Waals surface area (Å²) < 4.78 is 0. The summed E-state index contributed by atoms with van der Waals surface area (Å²) in [4.78, 5) is 7.89. The summed E-state index contributed by atoms with van der Waals surface area (Å²) in [5.74, 6) is 0. The van der Waals surface area contributed by atoms with E-state index in [2.05, 4.69) is 28.8 Å². The molecule has 0 spiro atoms. The van der Waals surface area contributed by atoms with Crippen LogP contribution in [-0.4, -0.2) is 79.1 Å². The standard InChI is InChI=1S/C16H32N4/c1-18(2)14-6-10-20(11-7-14)16(13-17)8-12-19-9-4-3-5-15(16)19/h14-15H,3-13,17H2,1-2H3. The van der Waals surface area contributed by atoms with Gasteiger partial charge in [-0.2, -0.15) is 0 Å². The van der Waals surface area contributed by atoms with E-state index >= 15 is 0 Å². The lowest BCUT2D eigenvalue weighted by molar-refractivity contribution is 0.00888. The maximum absolute atomic E-state index is 6.32. The minimum Gasteiger partial charge on any atom is -0.329 e. The Morgan fingerprint density at radius 1 is 1.05 bits per heavy atom. The average Bonchev–Trinajstić information content (AvgIpc) is 2.87. The normalized spacial score (nSPS) is 37.5. The van der Waals surface area contributed by atoms with Gasteiger partial charge in [0.2, 0.25) is 0 Å². The van der Waals surface area contributed by atoms with Crippen molar-refractivity contribution in [3.05, 3.63) is 0 Å². The van der Waals surface area contributed by atoms with E-state index in [4.69, 9.17) is 5.73 Å². The van der Waals surface area contributed by atoms with Gasteiger partial charge in [-0.1, -0.05) is 6.42 Å². The second-order valence-electron chi connectivity index (χ2n) is 7.29. The first-order chi connectivity index (χ1) is 9.67. The lowest BCUT2D eigenvalue weighted by atomic mass is 9.82. The van der Waals surface area contributed by atoms with E-state index < -0.39 is 0 Å². The van der Waals surface area contributed by atoms with Gasteiger partial charge in [0.05, 0.1) is 0 Å². The zero-order valence-electron chi connectivity index (χ0n) is 13.4. The van der Waals surface area contributed by atoms with Gasteiger partial charge < -0.3 is 10.6 Å². The molecule has 3 aliphatic heterocycles. The highest BCUT2D eigenvalue weighted by molar-refractivity contribution is 5.09. The van der Waals surface area contributed by atoms with Crippen LogP contribution in [-0.2, 0) is 0 Å². The first-order valence-corrected chi connectivity index (χ1v) is 8.53. The number of piperidine rings is 2. The topological polar surface area (TPSA) is 35.7 Å². The van der Waals surface area contributed by atoms with Crippen molar-refractivity contribution >= 4 is 0 Å².